The zero-order valence-electron chi connectivity index (χ0n) is 17.9. The number of halogens is 1. The maximum Gasteiger partial charge on any atom is 0.300 e. The van der Waals surface area contributed by atoms with Crippen LogP contribution in [0.25, 0.3) is 5.76 Å². The van der Waals surface area contributed by atoms with Gasteiger partial charge >= 0.3 is 0 Å². The van der Waals surface area contributed by atoms with Crippen molar-refractivity contribution in [3.05, 3.63) is 99.6 Å². The lowest BCUT2D eigenvalue weighted by atomic mass is 9.94. The van der Waals surface area contributed by atoms with Crippen molar-refractivity contribution in [2.24, 2.45) is 0 Å². The van der Waals surface area contributed by atoms with Gasteiger partial charge in [-0.25, -0.2) is 0 Å². The Morgan fingerprint density at radius 2 is 1.82 bits per heavy atom. The Hall–Kier alpha value is -4.08. The summed E-state index contributed by atoms with van der Waals surface area (Å²) in [6.07, 6.45) is 0. The normalized spacial score (nSPS) is 17.2. The topological polar surface area (TPSA) is 90.6 Å². The van der Waals surface area contributed by atoms with Gasteiger partial charge in [-0.15, -0.1) is 0 Å². The first-order valence-electron chi connectivity index (χ1n) is 10.1. The molecule has 0 spiro atoms. The highest BCUT2D eigenvalue weighted by Gasteiger charge is 2.47. The van der Waals surface area contributed by atoms with Gasteiger partial charge in [-0.3, -0.25) is 14.5 Å². The Labute approximate surface area is 195 Å². The van der Waals surface area contributed by atoms with Crippen molar-refractivity contribution in [3.8, 4) is 11.8 Å². The second-order valence-corrected chi connectivity index (χ2v) is 8.02. The summed E-state index contributed by atoms with van der Waals surface area (Å²) < 4.78 is 5.35. The van der Waals surface area contributed by atoms with Crippen LogP contribution in [-0.4, -0.2) is 23.9 Å². The van der Waals surface area contributed by atoms with Crippen LogP contribution in [0, 0.1) is 18.3 Å². The van der Waals surface area contributed by atoms with E-state index in [1.165, 1.54) is 18.1 Å². The van der Waals surface area contributed by atoms with Crippen molar-refractivity contribution in [3.63, 3.8) is 0 Å². The van der Waals surface area contributed by atoms with E-state index < -0.39 is 17.7 Å². The number of ketones is 1. The molecule has 1 saturated heterocycles. The Balaban J connectivity index is 1.98. The molecule has 1 aliphatic heterocycles. The smallest absolute Gasteiger partial charge is 0.300 e. The van der Waals surface area contributed by atoms with E-state index in [2.05, 4.69) is 0 Å². The first-order valence-corrected chi connectivity index (χ1v) is 10.4. The molecule has 1 unspecified atom stereocenters. The Morgan fingerprint density at radius 1 is 1.09 bits per heavy atom. The van der Waals surface area contributed by atoms with Gasteiger partial charge in [-0.05, 0) is 55.0 Å². The van der Waals surface area contributed by atoms with Gasteiger partial charge < -0.3 is 9.84 Å². The molecule has 1 aliphatic rings. The zero-order chi connectivity index (χ0) is 23.7. The highest BCUT2D eigenvalue weighted by Crippen LogP contribution is 2.43. The number of rotatable bonds is 4. The van der Waals surface area contributed by atoms with Gasteiger partial charge in [-0.2, -0.15) is 5.26 Å². The first kappa shape index (κ1) is 22.1. The van der Waals surface area contributed by atoms with E-state index in [1.54, 1.807) is 42.5 Å². The van der Waals surface area contributed by atoms with Crippen molar-refractivity contribution < 1.29 is 19.4 Å². The first-order chi connectivity index (χ1) is 15.8. The molecule has 0 bridgehead atoms. The monoisotopic (exact) mass is 458 g/mol. The Bertz CT molecular complexity index is 1340. The summed E-state index contributed by atoms with van der Waals surface area (Å²) in [6, 6.07) is 19.5. The van der Waals surface area contributed by atoms with Crippen molar-refractivity contribution in [2.75, 3.05) is 12.0 Å². The third-order valence-corrected chi connectivity index (χ3v) is 5.73. The van der Waals surface area contributed by atoms with Crippen LogP contribution in [0.4, 0.5) is 5.69 Å². The number of aliphatic hydroxyl groups excluding tert-OH is 1. The molecule has 1 fully saturated rings. The molecule has 0 aromatic heterocycles. The number of nitrogens with zero attached hydrogens (tertiary/aromatic N) is 2. The number of nitriles is 1. The van der Waals surface area contributed by atoms with Crippen molar-refractivity contribution in [1.82, 2.24) is 0 Å². The number of carbonyl (C=O) groups excluding carboxylic acids is 2. The molecule has 0 radical (unpaired) electrons. The van der Waals surface area contributed by atoms with Crippen LogP contribution in [0.5, 0.6) is 5.75 Å². The molecule has 6 nitrogen and oxygen atoms in total. The second-order valence-electron chi connectivity index (χ2n) is 7.59. The molecule has 7 heteroatoms. The minimum absolute atomic E-state index is 0.0736. The lowest BCUT2D eigenvalue weighted by molar-refractivity contribution is -0.132. The van der Waals surface area contributed by atoms with Gasteiger partial charge in [-0.1, -0.05) is 41.4 Å². The molecule has 4 rings (SSSR count). The van der Waals surface area contributed by atoms with Gasteiger partial charge in [0.15, 0.2) is 0 Å². The second kappa shape index (κ2) is 8.81. The van der Waals surface area contributed by atoms with Crippen LogP contribution in [0.2, 0.25) is 5.02 Å². The molecule has 33 heavy (non-hydrogen) atoms. The lowest BCUT2D eigenvalue weighted by Crippen LogP contribution is -2.29. The fourth-order valence-corrected chi connectivity index (χ4v) is 4.13. The molecular formula is C26H19ClN2O4. The van der Waals surface area contributed by atoms with E-state index in [-0.39, 0.29) is 16.9 Å². The SMILES string of the molecule is COc1ccc(Cl)cc1/C(O)=C1\C(=O)C(=O)N(c2ccc(C#N)cc2)C1c1cccc(C)c1. The Kier molecular flexibility index (Phi) is 5.91. The Morgan fingerprint density at radius 3 is 2.45 bits per heavy atom. The summed E-state index contributed by atoms with van der Waals surface area (Å²) in [7, 11) is 1.44. The van der Waals surface area contributed by atoms with E-state index in [0.717, 1.165) is 5.56 Å². The van der Waals surface area contributed by atoms with Crippen LogP contribution >= 0.6 is 11.6 Å². The average Bonchev–Trinajstić information content (AvgIpc) is 3.09. The van der Waals surface area contributed by atoms with E-state index in [0.29, 0.717) is 27.6 Å². The predicted molar refractivity (Wildman–Crippen MR) is 125 cm³/mol. The third kappa shape index (κ3) is 3.95. The van der Waals surface area contributed by atoms with Gasteiger partial charge in [0.05, 0.1) is 35.9 Å². The molecule has 164 valence electrons. The largest absolute Gasteiger partial charge is 0.507 e. The number of methoxy groups -OCH3 is 1. The maximum atomic E-state index is 13.2. The standard InChI is InChI=1S/C26H19ClN2O4/c1-15-4-3-5-17(12-15)23-22(24(30)20-13-18(27)8-11-21(20)33-2)25(31)26(32)29(23)19-9-6-16(14-28)7-10-19/h3-13,23,30H,1-2H3/b24-22+. The molecule has 1 amide bonds. The quantitative estimate of drug-likeness (QED) is 0.331. The molecule has 3 aromatic carbocycles. The summed E-state index contributed by atoms with van der Waals surface area (Å²) in [6.45, 7) is 1.90. The number of ether oxygens (including phenoxy) is 1. The van der Waals surface area contributed by atoms with Gasteiger partial charge in [0.25, 0.3) is 11.7 Å². The van der Waals surface area contributed by atoms with E-state index >= 15 is 0 Å². The molecule has 1 heterocycles. The summed E-state index contributed by atoms with van der Waals surface area (Å²) in [5.41, 5.74) is 2.57. The minimum atomic E-state index is -0.887. The van der Waals surface area contributed by atoms with E-state index in [4.69, 9.17) is 21.6 Å². The molecule has 3 aromatic rings. The highest BCUT2D eigenvalue weighted by atomic mass is 35.5. The van der Waals surface area contributed by atoms with Crippen LogP contribution in [-0.2, 0) is 9.59 Å². The summed E-state index contributed by atoms with van der Waals surface area (Å²) in [5.74, 6) is -1.68. The summed E-state index contributed by atoms with van der Waals surface area (Å²) >= 11 is 6.14. The molecular weight excluding hydrogens is 440 g/mol. The summed E-state index contributed by atoms with van der Waals surface area (Å²) in [4.78, 5) is 27.8. The van der Waals surface area contributed by atoms with E-state index in [1.807, 2.05) is 31.2 Å². The van der Waals surface area contributed by atoms with Crippen LogP contribution < -0.4 is 9.64 Å². The fraction of sp³-hybridized carbons (Fsp3) is 0.115. The number of Topliss-reactive ketones (excluding diaryl/α,β-unsaturated/α-hetero) is 1. The number of amides is 1. The maximum absolute atomic E-state index is 13.2. The number of anilines is 1. The molecule has 1 atom stereocenters. The van der Waals surface area contributed by atoms with Gasteiger partial charge in [0.2, 0.25) is 0 Å². The van der Waals surface area contributed by atoms with Crippen molar-refractivity contribution in [1.29, 1.82) is 5.26 Å². The molecule has 0 aliphatic carbocycles. The van der Waals surface area contributed by atoms with Crippen LogP contribution in [0.15, 0.2) is 72.3 Å². The minimum Gasteiger partial charge on any atom is -0.507 e. The average molecular weight is 459 g/mol. The number of hydrogen-bond acceptors (Lipinski definition) is 5. The van der Waals surface area contributed by atoms with Gasteiger partial charge in [0.1, 0.15) is 11.5 Å². The van der Waals surface area contributed by atoms with E-state index in [9.17, 15) is 14.7 Å². The van der Waals surface area contributed by atoms with Crippen molar-refractivity contribution in [2.45, 2.75) is 13.0 Å². The van der Waals surface area contributed by atoms with Gasteiger partial charge in [0, 0.05) is 10.7 Å². The highest BCUT2D eigenvalue weighted by molar-refractivity contribution is 6.51. The molecule has 1 N–H and O–H groups in total. The lowest BCUT2D eigenvalue weighted by Gasteiger charge is -2.26. The van der Waals surface area contributed by atoms with Crippen LogP contribution in [0.1, 0.15) is 28.3 Å². The van der Waals surface area contributed by atoms with Crippen LogP contribution in [0.3, 0.4) is 0 Å². The summed E-state index contributed by atoms with van der Waals surface area (Å²) in [5, 5.41) is 20.7. The zero-order valence-corrected chi connectivity index (χ0v) is 18.6. The third-order valence-electron chi connectivity index (χ3n) is 5.49. The number of hydrogen-bond donors (Lipinski definition) is 1. The number of aryl methyl sites for hydroxylation is 1. The number of aliphatic hydroxyl groups is 1. The molecule has 0 saturated carbocycles. The predicted octanol–water partition coefficient (Wildman–Crippen LogP) is 5.16. The number of benzene rings is 3. The number of carbonyl (C=O) groups is 2. The fourth-order valence-electron chi connectivity index (χ4n) is 3.96. The van der Waals surface area contributed by atoms with Crippen molar-refractivity contribution >= 4 is 34.7 Å².